The van der Waals surface area contributed by atoms with Gasteiger partial charge < -0.3 is 5.73 Å². The first-order valence-electron chi connectivity index (χ1n) is 5.73. The zero-order valence-electron chi connectivity index (χ0n) is 10.0. The molecule has 1 aliphatic heterocycles. The van der Waals surface area contributed by atoms with Crippen LogP contribution in [0.25, 0.3) is 6.08 Å². The number of rotatable bonds is 1. The van der Waals surface area contributed by atoms with Crippen LogP contribution in [0.1, 0.15) is 11.5 Å². The highest BCUT2D eigenvalue weighted by molar-refractivity contribution is 7.80. The number of nitrogen functional groups attached to an aromatic ring is 1. The average molecular weight is 323 g/mol. The highest BCUT2D eigenvalue weighted by atomic mass is 35.5. The Hall–Kier alpha value is -1.56. The lowest BCUT2D eigenvalue weighted by Gasteiger charge is -2.17. The van der Waals surface area contributed by atoms with Crippen LogP contribution in [-0.4, -0.2) is 15.0 Å². The molecule has 2 heterocycles. The maximum absolute atomic E-state index is 6.22. The second kappa shape index (κ2) is 5.09. The van der Waals surface area contributed by atoms with E-state index >= 15 is 0 Å². The highest BCUT2D eigenvalue weighted by Gasteiger charge is 2.22. The number of nitrogens with two attached hydrogens (primary N) is 1. The van der Waals surface area contributed by atoms with E-state index in [1.807, 2.05) is 6.08 Å². The van der Waals surface area contributed by atoms with E-state index in [4.69, 9.17) is 41.2 Å². The van der Waals surface area contributed by atoms with E-state index in [0.717, 1.165) is 10.8 Å². The molecule has 1 aliphatic rings. The fourth-order valence-corrected chi connectivity index (χ4v) is 2.95. The summed E-state index contributed by atoms with van der Waals surface area (Å²) in [6.45, 7) is 0. The van der Waals surface area contributed by atoms with E-state index < -0.39 is 0 Å². The average Bonchev–Trinajstić information content (AvgIpc) is 2.39. The van der Waals surface area contributed by atoms with E-state index in [9.17, 15) is 0 Å². The zero-order chi connectivity index (χ0) is 14.3. The largest absolute Gasteiger partial charge is 0.368 e. The van der Waals surface area contributed by atoms with Crippen molar-refractivity contribution in [2.24, 2.45) is 4.99 Å². The van der Waals surface area contributed by atoms with Gasteiger partial charge in [0.2, 0.25) is 5.95 Å². The molecule has 100 valence electrons. The van der Waals surface area contributed by atoms with Gasteiger partial charge in [-0.2, -0.15) is 4.98 Å². The zero-order valence-corrected chi connectivity index (χ0v) is 12.4. The minimum absolute atomic E-state index is 0.165. The fourth-order valence-electron chi connectivity index (χ4n) is 2.04. The summed E-state index contributed by atoms with van der Waals surface area (Å²) in [6.07, 6.45) is 3.51. The molecule has 0 fully saturated rings. The van der Waals surface area contributed by atoms with Crippen molar-refractivity contribution in [2.45, 2.75) is 5.92 Å². The van der Waals surface area contributed by atoms with Gasteiger partial charge in [0.25, 0.3) is 0 Å². The molecule has 0 saturated heterocycles. The van der Waals surface area contributed by atoms with Crippen molar-refractivity contribution in [1.29, 1.82) is 0 Å². The van der Waals surface area contributed by atoms with Crippen molar-refractivity contribution < 1.29 is 0 Å². The molecule has 20 heavy (non-hydrogen) atoms. The lowest BCUT2D eigenvalue weighted by Crippen LogP contribution is -2.36. The van der Waals surface area contributed by atoms with Crippen molar-refractivity contribution >= 4 is 52.4 Å². The summed E-state index contributed by atoms with van der Waals surface area (Å²) in [5.74, 6) is -0.108. The molecule has 1 atom stereocenters. The van der Waals surface area contributed by atoms with Crippen molar-refractivity contribution in [3.63, 3.8) is 0 Å². The van der Waals surface area contributed by atoms with E-state index in [-0.39, 0.29) is 11.9 Å². The predicted octanol–water partition coefficient (Wildman–Crippen LogP) is 1.89. The van der Waals surface area contributed by atoms with Gasteiger partial charge in [-0.05, 0) is 12.1 Å². The Balaban J connectivity index is 2.23. The van der Waals surface area contributed by atoms with Crippen LogP contribution in [0.15, 0.2) is 29.4 Å². The van der Waals surface area contributed by atoms with Gasteiger partial charge >= 0.3 is 0 Å². The molecule has 4 nitrogen and oxygen atoms in total. The van der Waals surface area contributed by atoms with E-state index in [1.54, 1.807) is 24.4 Å². The first kappa shape index (κ1) is 13.4. The molecule has 0 bridgehead atoms. The maximum atomic E-state index is 6.22. The van der Waals surface area contributed by atoms with Crippen molar-refractivity contribution in [3.05, 3.63) is 50.7 Å². The lowest BCUT2D eigenvalue weighted by molar-refractivity contribution is 1.03. The van der Waals surface area contributed by atoms with E-state index in [2.05, 4.69) is 15.0 Å². The number of aromatic nitrogens is 2. The van der Waals surface area contributed by atoms with Gasteiger partial charge in [0.1, 0.15) is 4.99 Å². The maximum Gasteiger partial charge on any atom is 0.222 e. The molecule has 0 amide bonds. The second-order valence-corrected chi connectivity index (χ2v) is 5.47. The summed E-state index contributed by atoms with van der Waals surface area (Å²) < 4.78 is 0. The predicted molar refractivity (Wildman–Crippen MR) is 83.5 cm³/mol. The molecule has 2 N–H and O–H groups in total. The van der Waals surface area contributed by atoms with Crippen LogP contribution < -0.4 is 16.4 Å². The van der Waals surface area contributed by atoms with Crippen LogP contribution in [0, 0.1) is 0 Å². The molecular weight excluding hydrogens is 315 g/mol. The summed E-state index contributed by atoms with van der Waals surface area (Å²) >= 11 is 17.8. The number of benzene rings is 1. The number of hydrogen-bond acceptors (Lipinski definition) is 4. The Morgan fingerprint density at radius 1 is 1.20 bits per heavy atom. The first-order valence-corrected chi connectivity index (χ1v) is 6.89. The topological polar surface area (TPSA) is 64.2 Å². The quantitative estimate of drug-likeness (QED) is 0.814. The molecule has 0 saturated carbocycles. The minimum atomic E-state index is -0.272. The smallest absolute Gasteiger partial charge is 0.222 e. The number of anilines is 1. The van der Waals surface area contributed by atoms with Gasteiger partial charge in [-0.3, -0.25) is 0 Å². The fraction of sp³-hybridized carbons (Fsp3) is 0.0769. The van der Waals surface area contributed by atoms with E-state index in [1.165, 1.54) is 0 Å². The van der Waals surface area contributed by atoms with Gasteiger partial charge in [-0.1, -0.05) is 47.6 Å². The van der Waals surface area contributed by atoms with Crippen LogP contribution >= 0.6 is 35.4 Å². The molecule has 1 aromatic heterocycles. The molecule has 1 aromatic carbocycles. The normalized spacial score (nSPS) is 17.1. The molecule has 2 aromatic rings. The van der Waals surface area contributed by atoms with Crippen LogP contribution in [-0.2, 0) is 0 Å². The number of hydrogen-bond donors (Lipinski definition) is 1. The molecule has 0 aliphatic carbocycles. The Bertz CT molecular complexity index is 815. The van der Waals surface area contributed by atoms with Crippen LogP contribution in [0.2, 0.25) is 10.0 Å². The highest BCUT2D eigenvalue weighted by Crippen LogP contribution is 2.34. The third kappa shape index (κ3) is 2.28. The van der Waals surface area contributed by atoms with Crippen molar-refractivity contribution in [3.8, 4) is 0 Å². The molecule has 0 radical (unpaired) electrons. The standard InChI is InChI=1S/C13H8Cl2N4S/c14-8-2-1-3-9(15)10(8)7-4-6-5-17-13(16)19-11(6)18-12(7)20/h1-5,7H,(H2,16,18,19,20). The number of fused-ring (bicyclic) bond motifs is 1. The van der Waals surface area contributed by atoms with E-state index in [0.29, 0.717) is 20.5 Å². The Labute approximate surface area is 130 Å². The second-order valence-electron chi connectivity index (χ2n) is 4.24. The third-order valence-electron chi connectivity index (χ3n) is 2.95. The summed E-state index contributed by atoms with van der Waals surface area (Å²) in [6, 6.07) is 5.33. The number of halogens is 2. The van der Waals surface area contributed by atoms with Gasteiger partial charge in [0.15, 0.2) is 5.49 Å². The van der Waals surface area contributed by atoms with Crippen LogP contribution in [0.5, 0.6) is 0 Å². The summed E-state index contributed by atoms with van der Waals surface area (Å²) in [5, 5.41) is 1.86. The van der Waals surface area contributed by atoms with Crippen molar-refractivity contribution in [1.82, 2.24) is 9.97 Å². The third-order valence-corrected chi connectivity index (χ3v) is 3.96. The molecule has 0 spiro atoms. The monoisotopic (exact) mass is 322 g/mol. The van der Waals surface area contributed by atoms with Gasteiger partial charge in [0, 0.05) is 27.0 Å². The Kier molecular flexibility index (Phi) is 3.41. The van der Waals surface area contributed by atoms with Crippen LogP contribution in [0.4, 0.5) is 5.95 Å². The minimum Gasteiger partial charge on any atom is -0.368 e. The van der Waals surface area contributed by atoms with Gasteiger partial charge in [0.05, 0.1) is 5.92 Å². The summed E-state index contributed by atoms with van der Waals surface area (Å²) in [5.41, 5.74) is 6.76. The Morgan fingerprint density at radius 3 is 2.60 bits per heavy atom. The number of nitrogens with zero attached hydrogens (tertiary/aromatic N) is 3. The van der Waals surface area contributed by atoms with Crippen molar-refractivity contribution in [2.75, 3.05) is 5.73 Å². The van der Waals surface area contributed by atoms with Gasteiger partial charge in [-0.15, -0.1) is 0 Å². The first-order chi connectivity index (χ1) is 9.56. The summed E-state index contributed by atoms with van der Waals surface area (Å²) in [4.78, 5) is 12.8. The molecule has 3 rings (SSSR count). The van der Waals surface area contributed by atoms with Gasteiger partial charge in [-0.25, -0.2) is 9.98 Å². The Morgan fingerprint density at radius 2 is 1.90 bits per heavy atom. The summed E-state index contributed by atoms with van der Waals surface area (Å²) in [7, 11) is 0. The molecule has 1 unspecified atom stereocenters. The van der Waals surface area contributed by atoms with Crippen LogP contribution in [0.3, 0.4) is 0 Å². The SMILES string of the molecule is Nc1ncc2c(n1)=NC(=S)C(c1c(Cl)cccc1Cl)C=2. The lowest BCUT2D eigenvalue weighted by atomic mass is 9.96. The molecular formula is C13H8Cl2N4S. The molecule has 7 heteroatoms. The number of thiocarbonyl (C=S) groups is 1.